The second-order valence-corrected chi connectivity index (χ2v) is 5.12. The van der Waals surface area contributed by atoms with E-state index in [1.807, 2.05) is 24.3 Å². The molecule has 1 aromatic carbocycles. The van der Waals surface area contributed by atoms with Crippen molar-refractivity contribution in [2.75, 3.05) is 25.5 Å². The molecule has 1 heterocycles. The fourth-order valence-electron chi connectivity index (χ4n) is 2.42. The molecule has 1 fully saturated rings. The highest BCUT2D eigenvalue weighted by Crippen LogP contribution is 2.18. The maximum absolute atomic E-state index is 12.1. The molecule has 4 nitrogen and oxygen atoms in total. The fourth-order valence-corrected chi connectivity index (χ4v) is 2.42. The van der Waals surface area contributed by atoms with Crippen molar-refractivity contribution >= 4 is 11.6 Å². The lowest BCUT2D eigenvalue weighted by atomic mass is 9.97. The van der Waals surface area contributed by atoms with Crippen molar-refractivity contribution in [1.29, 1.82) is 5.26 Å². The highest BCUT2D eigenvalue weighted by Gasteiger charge is 2.23. The molecule has 1 amide bonds. The van der Waals surface area contributed by atoms with Crippen LogP contribution in [-0.2, 0) is 11.2 Å². The zero-order valence-corrected chi connectivity index (χ0v) is 11.2. The molecule has 0 aromatic heterocycles. The van der Waals surface area contributed by atoms with Crippen LogP contribution in [0, 0.1) is 17.2 Å². The van der Waals surface area contributed by atoms with Crippen LogP contribution in [0.1, 0.15) is 18.4 Å². The summed E-state index contributed by atoms with van der Waals surface area (Å²) in [6, 6.07) is 9.59. The lowest BCUT2D eigenvalue weighted by molar-refractivity contribution is -0.121. The number of rotatable bonds is 3. The zero-order valence-electron chi connectivity index (χ0n) is 11.2. The third kappa shape index (κ3) is 3.80. The van der Waals surface area contributed by atoms with Crippen LogP contribution in [0.3, 0.4) is 0 Å². The molecule has 1 aliphatic heterocycles. The molecule has 0 spiro atoms. The van der Waals surface area contributed by atoms with Gasteiger partial charge in [-0.2, -0.15) is 5.26 Å². The molecule has 1 atom stereocenters. The normalized spacial score (nSPS) is 19.7. The smallest absolute Gasteiger partial charge is 0.228 e. The number of hydrogen-bond acceptors (Lipinski definition) is 3. The van der Waals surface area contributed by atoms with Crippen LogP contribution in [0.2, 0.25) is 0 Å². The van der Waals surface area contributed by atoms with Crippen molar-refractivity contribution in [3.05, 3.63) is 29.8 Å². The molecular weight excluding hydrogens is 238 g/mol. The number of carbonyl (C=O) groups is 1. The summed E-state index contributed by atoms with van der Waals surface area (Å²) < 4.78 is 0. The third-order valence-corrected chi connectivity index (χ3v) is 3.50. The molecule has 1 saturated heterocycles. The number of nitriles is 1. The van der Waals surface area contributed by atoms with E-state index in [2.05, 4.69) is 23.3 Å². The van der Waals surface area contributed by atoms with E-state index in [0.29, 0.717) is 6.42 Å². The summed E-state index contributed by atoms with van der Waals surface area (Å²) in [5, 5.41) is 11.6. The van der Waals surface area contributed by atoms with Gasteiger partial charge in [-0.1, -0.05) is 12.1 Å². The Bertz CT molecular complexity index is 475. The first-order valence-corrected chi connectivity index (χ1v) is 6.64. The van der Waals surface area contributed by atoms with Gasteiger partial charge in [0.2, 0.25) is 5.91 Å². The SMILES string of the molecule is CN1CCC[C@H](C(=O)Nc2ccc(CC#N)cc2)C1. The first kappa shape index (κ1) is 13.6. The van der Waals surface area contributed by atoms with Gasteiger partial charge in [0.25, 0.3) is 0 Å². The Morgan fingerprint density at radius 1 is 1.47 bits per heavy atom. The van der Waals surface area contributed by atoms with Crippen molar-refractivity contribution in [2.45, 2.75) is 19.3 Å². The van der Waals surface area contributed by atoms with Crippen molar-refractivity contribution in [2.24, 2.45) is 5.92 Å². The molecule has 19 heavy (non-hydrogen) atoms. The Labute approximate surface area is 114 Å². The van der Waals surface area contributed by atoms with Gasteiger partial charge in [-0.25, -0.2) is 0 Å². The Kier molecular flexibility index (Phi) is 4.53. The minimum absolute atomic E-state index is 0.0811. The molecule has 100 valence electrons. The predicted octanol–water partition coefficient (Wildman–Crippen LogP) is 2.03. The summed E-state index contributed by atoms with van der Waals surface area (Å²) >= 11 is 0. The number of amides is 1. The molecule has 1 aromatic rings. The number of carbonyl (C=O) groups excluding carboxylic acids is 1. The van der Waals surface area contributed by atoms with Crippen LogP contribution in [-0.4, -0.2) is 30.9 Å². The van der Waals surface area contributed by atoms with Gasteiger partial charge in [-0.05, 0) is 44.1 Å². The quantitative estimate of drug-likeness (QED) is 0.901. The summed E-state index contributed by atoms with van der Waals surface area (Å²) in [5.74, 6) is 0.178. The van der Waals surface area contributed by atoms with Gasteiger partial charge in [0.15, 0.2) is 0 Å². The summed E-state index contributed by atoms with van der Waals surface area (Å²) in [6.45, 7) is 1.91. The number of nitrogens with one attached hydrogen (secondary N) is 1. The van der Waals surface area contributed by atoms with E-state index in [9.17, 15) is 4.79 Å². The number of likely N-dealkylation sites (tertiary alicyclic amines) is 1. The minimum Gasteiger partial charge on any atom is -0.326 e. The molecule has 0 bridgehead atoms. The van der Waals surface area contributed by atoms with Crippen LogP contribution in [0.15, 0.2) is 24.3 Å². The van der Waals surface area contributed by atoms with Gasteiger partial charge in [0.05, 0.1) is 18.4 Å². The number of piperidine rings is 1. The van der Waals surface area contributed by atoms with E-state index in [1.165, 1.54) is 0 Å². The van der Waals surface area contributed by atoms with Gasteiger partial charge in [0.1, 0.15) is 0 Å². The first-order chi connectivity index (χ1) is 9.19. The maximum atomic E-state index is 12.1. The average molecular weight is 257 g/mol. The lowest BCUT2D eigenvalue weighted by Crippen LogP contribution is -2.38. The van der Waals surface area contributed by atoms with E-state index in [-0.39, 0.29) is 11.8 Å². The van der Waals surface area contributed by atoms with Gasteiger partial charge < -0.3 is 10.2 Å². The largest absolute Gasteiger partial charge is 0.326 e. The van der Waals surface area contributed by atoms with Crippen LogP contribution in [0.5, 0.6) is 0 Å². The number of benzene rings is 1. The Morgan fingerprint density at radius 3 is 2.84 bits per heavy atom. The highest BCUT2D eigenvalue weighted by molar-refractivity contribution is 5.92. The zero-order chi connectivity index (χ0) is 13.7. The van der Waals surface area contributed by atoms with Gasteiger partial charge >= 0.3 is 0 Å². The van der Waals surface area contributed by atoms with E-state index in [1.54, 1.807) is 0 Å². The van der Waals surface area contributed by atoms with Crippen molar-refractivity contribution in [1.82, 2.24) is 4.90 Å². The molecule has 0 saturated carbocycles. The molecule has 2 rings (SSSR count). The van der Waals surface area contributed by atoms with E-state index in [0.717, 1.165) is 37.2 Å². The average Bonchev–Trinajstić information content (AvgIpc) is 2.41. The summed E-state index contributed by atoms with van der Waals surface area (Å²) in [4.78, 5) is 14.3. The molecule has 4 heteroatoms. The van der Waals surface area contributed by atoms with E-state index >= 15 is 0 Å². The Balaban J connectivity index is 1.93. The third-order valence-electron chi connectivity index (χ3n) is 3.50. The van der Waals surface area contributed by atoms with Gasteiger partial charge in [-0.3, -0.25) is 4.79 Å². The first-order valence-electron chi connectivity index (χ1n) is 6.64. The molecular formula is C15H19N3O. The van der Waals surface area contributed by atoms with Crippen LogP contribution >= 0.6 is 0 Å². The monoisotopic (exact) mass is 257 g/mol. The second-order valence-electron chi connectivity index (χ2n) is 5.12. The van der Waals surface area contributed by atoms with E-state index in [4.69, 9.17) is 5.26 Å². The molecule has 1 N–H and O–H groups in total. The van der Waals surface area contributed by atoms with Gasteiger partial charge in [0, 0.05) is 12.2 Å². The lowest BCUT2D eigenvalue weighted by Gasteiger charge is -2.28. The van der Waals surface area contributed by atoms with Crippen molar-refractivity contribution in [3.8, 4) is 6.07 Å². The predicted molar refractivity (Wildman–Crippen MR) is 74.6 cm³/mol. The number of hydrogen-bond donors (Lipinski definition) is 1. The minimum atomic E-state index is 0.0811. The molecule has 0 radical (unpaired) electrons. The number of anilines is 1. The molecule has 1 aliphatic rings. The van der Waals surface area contributed by atoms with Gasteiger partial charge in [-0.15, -0.1) is 0 Å². The highest BCUT2D eigenvalue weighted by atomic mass is 16.1. The van der Waals surface area contributed by atoms with Crippen LogP contribution in [0.4, 0.5) is 5.69 Å². The number of nitrogens with zero attached hydrogens (tertiary/aromatic N) is 2. The summed E-state index contributed by atoms with van der Waals surface area (Å²) in [5.41, 5.74) is 1.78. The van der Waals surface area contributed by atoms with Crippen molar-refractivity contribution in [3.63, 3.8) is 0 Å². The van der Waals surface area contributed by atoms with Crippen molar-refractivity contribution < 1.29 is 4.79 Å². The summed E-state index contributed by atoms with van der Waals surface area (Å²) in [7, 11) is 2.05. The van der Waals surface area contributed by atoms with Crippen LogP contribution in [0.25, 0.3) is 0 Å². The Hall–Kier alpha value is -1.86. The second kappa shape index (κ2) is 6.35. The molecule has 0 aliphatic carbocycles. The molecule has 0 unspecified atom stereocenters. The topological polar surface area (TPSA) is 56.1 Å². The fraction of sp³-hybridized carbons (Fsp3) is 0.467. The maximum Gasteiger partial charge on any atom is 0.228 e. The Morgan fingerprint density at radius 2 is 2.21 bits per heavy atom. The van der Waals surface area contributed by atoms with Crippen LogP contribution < -0.4 is 5.32 Å². The van der Waals surface area contributed by atoms with E-state index < -0.39 is 0 Å². The standard InChI is InChI=1S/C15H19N3O/c1-18-10-2-3-13(11-18)15(19)17-14-6-4-12(5-7-14)8-9-16/h4-7,13H,2-3,8,10-11H2,1H3,(H,17,19)/t13-/m0/s1. The summed E-state index contributed by atoms with van der Waals surface area (Å²) in [6.07, 6.45) is 2.44.